The van der Waals surface area contributed by atoms with Gasteiger partial charge in [0.2, 0.25) is 11.8 Å². The molecule has 0 saturated carbocycles. The average molecular weight is 488 g/mol. The third kappa shape index (κ3) is 8.71. The lowest BCUT2D eigenvalue weighted by molar-refractivity contribution is -0.123. The minimum absolute atomic E-state index is 0.239. The van der Waals surface area contributed by atoms with Crippen LogP contribution in [-0.4, -0.2) is 24.2 Å². The van der Waals surface area contributed by atoms with Crippen LogP contribution in [0.2, 0.25) is 20.1 Å². The molecule has 2 N–H and O–H groups in total. The molecule has 0 unspecified atom stereocenters. The molecule has 2 aromatic rings. The Morgan fingerprint density at radius 1 is 0.733 bits per heavy atom. The van der Waals surface area contributed by atoms with Crippen molar-refractivity contribution in [1.82, 2.24) is 10.9 Å². The Morgan fingerprint density at radius 3 is 1.50 bits per heavy atom. The molecule has 0 aromatic heterocycles. The normalized spacial score (nSPS) is 11.2. The van der Waals surface area contributed by atoms with Crippen LogP contribution in [0.15, 0.2) is 46.6 Å². The maximum Gasteiger partial charge on any atom is 0.240 e. The number of nitrogens with zero attached hydrogens (tertiary/aromatic N) is 2. The van der Waals surface area contributed by atoms with Gasteiger partial charge in [-0.3, -0.25) is 9.59 Å². The van der Waals surface area contributed by atoms with Crippen molar-refractivity contribution in [1.29, 1.82) is 0 Å². The Hall–Kier alpha value is -2.12. The number of benzene rings is 2. The highest BCUT2D eigenvalue weighted by Crippen LogP contribution is 2.20. The van der Waals surface area contributed by atoms with Crippen molar-refractivity contribution in [3.8, 4) is 0 Å². The Morgan fingerprint density at radius 2 is 1.13 bits per heavy atom. The molecule has 158 valence electrons. The van der Waals surface area contributed by atoms with Gasteiger partial charge in [-0.1, -0.05) is 58.5 Å². The third-order valence-corrected chi connectivity index (χ3v) is 4.89. The minimum Gasteiger partial charge on any atom is -0.273 e. The van der Waals surface area contributed by atoms with Crippen molar-refractivity contribution in [2.45, 2.75) is 25.7 Å². The summed E-state index contributed by atoms with van der Waals surface area (Å²) in [6, 6.07) is 9.92. The summed E-state index contributed by atoms with van der Waals surface area (Å²) < 4.78 is 0. The van der Waals surface area contributed by atoms with E-state index in [0.29, 0.717) is 44.1 Å². The van der Waals surface area contributed by atoms with Gasteiger partial charge in [-0.15, -0.1) is 0 Å². The molecule has 2 aromatic carbocycles. The van der Waals surface area contributed by atoms with Crippen molar-refractivity contribution in [2.75, 3.05) is 0 Å². The highest BCUT2D eigenvalue weighted by atomic mass is 35.5. The van der Waals surface area contributed by atoms with Gasteiger partial charge >= 0.3 is 0 Å². The molecule has 10 heteroatoms. The van der Waals surface area contributed by atoms with Crippen LogP contribution >= 0.6 is 46.4 Å². The van der Waals surface area contributed by atoms with Gasteiger partial charge in [0.05, 0.1) is 22.5 Å². The van der Waals surface area contributed by atoms with E-state index in [-0.39, 0.29) is 24.7 Å². The molecule has 0 atom stereocenters. The number of nitrogens with one attached hydrogen (secondary N) is 2. The number of amides is 2. The predicted octanol–water partition coefficient (Wildman–Crippen LogP) is 5.46. The lowest BCUT2D eigenvalue weighted by Crippen LogP contribution is -2.19. The van der Waals surface area contributed by atoms with E-state index in [4.69, 9.17) is 46.4 Å². The number of hydrogen-bond donors (Lipinski definition) is 2. The summed E-state index contributed by atoms with van der Waals surface area (Å²) in [5, 5.41) is 9.63. The van der Waals surface area contributed by atoms with E-state index >= 15 is 0 Å². The zero-order chi connectivity index (χ0) is 21.9. The number of carbonyl (C=O) groups excluding carboxylic acids is 2. The van der Waals surface area contributed by atoms with Crippen LogP contribution < -0.4 is 10.9 Å². The fraction of sp³-hybridized carbons (Fsp3) is 0.200. The number of carbonyl (C=O) groups is 2. The van der Waals surface area contributed by atoms with Crippen LogP contribution in [0.25, 0.3) is 0 Å². The number of halogens is 4. The molecule has 0 bridgehead atoms. The average Bonchev–Trinajstić information content (AvgIpc) is 2.68. The Bertz CT molecular complexity index is 886. The lowest BCUT2D eigenvalue weighted by atomic mass is 10.2. The maximum absolute atomic E-state index is 11.8. The molecule has 0 saturated heterocycles. The standard InChI is InChI=1S/C20H18Cl4N4O2/c21-15-7-5-13(17(23)9-15)11-25-27-19(29)3-1-2-4-20(30)28-26-12-14-6-8-16(22)10-18(14)24/h5-12H,1-4H2,(H,27,29)(H,28,30)/b25-11-,26-12-. The predicted molar refractivity (Wildman–Crippen MR) is 123 cm³/mol. The molecule has 0 fully saturated rings. The highest BCUT2D eigenvalue weighted by Gasteiger charge is 2.04. The van der Waals surface area contributed by atoms with Crippen molar-refractivity contribution in [3.63, 3.8) is 0 Å². The summed E-state index contributed by atoms with van der Waals surface area (Å²) >= 11 is 23.7. The molecular formula is C20H18Cl4N4O2. The number of hydrogen-bond acceptors (Lipinski definition) is 4. The van der Waals surface area contributed by atoms with Crippen LogP contribution in [0.5, 0.6) is 0 Å². The highest BCUT2D eigenvalue weighted by molar-refractivity contribution is 6.36. The van der Waals surface area contributed by atoms with Gasteiger partial charge in [0.1, 0.15) is 0 Å². The summed E-state index contributed by atoms with van der Waals surface area (Å²) in [6.45, 7) is 0. The first-order chi connectivity index (χ1) is 14.3. The molecular weight excluding hydrogens is 470 g/mol. The molecule has 2 amide bonds. The van der Waals surface area contributed by atoms with Crippen LogP contribution in [0.4, 0.5) is 0 Å². The van der Waals surface area contributed by atoms with Gasteiger partial charge in [0, 0.05) is 34.0 Å². The van der Waals surface area contributed by atoms with Gasteiger partial charge in [-0.05, 0) is 37.1 Å². The molecule has 0 aliphatic heterocycles. The molecule has 30 heavy (non-hydrogen) atoms. The summed E-state index contributed by atoms with van der Waals surface area (Å²) in [6.07, 6.45) is 4.42. The zero-order valence-corrected chi connectivity index (χ0v) is 18.7. The molecule has 0 aliphatic rings. The van der Waals surface area contributed by atoms with Gasteiger partial charge in [0.15, 0.2) is 0 Å². The van der Waals surface area contributed by atoms with E-state index in [0.717, 1.165) is 0 Å². The largest absolute Gasteiger partial charge is 0.273 e. The van der Waals surface area contributed by atoms with E-state index < -0.39 is 0 Å². The van der Waals surface area contributed by atoms with E-state index in [2.05, 4.69) is 21.1 Å². The van der Waals surface area contributed by atoms with E-state index in [1.807, 2.05) is 0 Å². The maximum atomic E-state index is 11.8. The van der Waals surface area contributed by atoms with E-state index in [1.165, 1.54) is 12.4 Å². The molecule has 0 heterocycles. The third-order valence-electron chi connectivity index (χ3n) is 3.77. The van der Waals surface area contributed by atoms with Crippen LogP contribution in [0.1, 0.15) is 36.8 Å². The minimum atomic E-state index is -0.257. The quantitative estimate of drug-likeness (QED) is 0.279. The van der Waals surface area contributed by atoms with Gasteiger partial charge in [-0.2, -0.15) is 10.2 Å². The second kappa shape index (κ2) is 12.5. The van der Waals surface area contributed by atoms with Crippen LogP contribution in [0, 0.1) is 0 Å². The molecule has 0 radical (unpaired) electrons. The summed E-state index contributed by atoms with van der Waals surface area (Å²) in [7, 11) is 0. The summed E-state index contributed by atoms with van der Waals surface area (Å²) in [4.78, 5) is 23.6. The molecule has 0 aliphatic carbocycles. The number of unbranched alkanes of at least 4 members (excludes halogenated alkanes) is 1. The molecule has 2 rings (SSSR count). The second-order valence-electron chi connectivity index (χ2n) is 6.13. The monoisotopic (exact) mass is 486 g/mol. The number of rotatable bonds is 9. The Labute approximate surface area is 194 Å². The fourth-order valence-corrected chi connectivity index (χ4v) is 3.16. The van der Waals surface area contributed by atoms with E-state index in [9.17, 15) is 9.59 Å². The van der Waals surface area contributed by atoms with Crippen molar-refractivity contribution >= 4 is 70.6 Å². The second-order valence-corrected chi connectivity index (χ2v) is 7.81. The van der Waals surface area contributed by atoms with Gasteiger partial charge in [0.25, 0.3) is 0 Å². The molecule has 0 spiro atoms. The fourth-order valence-electron chi connectivity index (χ4n) is 2.24. The lowest BCUT2D eigenvalue weighted by Gasteiger charge is -2.02. The van der Waals surface area contributed by atoms with E-state index in [1.54, 1.807) is 36.4 Å². The van der Waals surface area contributed by atoms with Gasteiger partial charge < -0.3 is 0 Å². The first-order valence-electron chi connectivity index (χ1n) is 8.89. The topological polar surface area (TPSA) is 82.9 Å². The Balaban J connectivity index is 1.63. The SMILES string of the molecule is O=C(CCCCC(=O)N/N=C\c1ccc(Cl)cc1Cl)N/N=C\c1ccc(Cl)cc1Cl. The summed E-state index contributed by atoms with van der Waals surface area (Å²) in [5.74, 6) is -0.515. The van der Waals surface area contributed by atoms with Crippen molar-refractivity contribution < 1.29 is 9.59 Å². The Kier molecular flexibility index (Phi) is 10.1. The van der Waals surface area contributed by atoms with Crippen molar-refractivity contribution in [2.24, 2.45) is 10.2 Å². The smallest absolute Gasteiger partial charge is 0.240 e. The zero-order valence-electron chi connectivity index (χ0n) is 15.7. The number of hydrazone groups is 2. The van der Waals surface area contributed by atoms with Crippen LogP contribution in [-0.2, 0) is 9.59 Å². The molecule has 6 nitrogen and oxygen atoms in total. The van der Waals surface area contributed by atoms with Crippen molar-refractivity contribution in [3.05, 3.63) is 67.6 Å². The first-order valence-corrected chi connectivity index (χ1v) is 10.4. The van der Waals surface area contributed by atoms with Crippen LogP contribution in [0.3, 0.4) is 0 Å². The first kappa shape index (κ1) is 24.2. The van der Waals surface area contributed by atoms with Gasteiger partial charge in [-0.25, -0.2) is 10.9 Å². The summed E-state index contributed by atoms with van der Waals surface area (Å²) in [5.41, 5.74) is 6.11.